The molecular formula is C23H32BNO2PS+. The molecule has 0 aliphatic carbocycles. The van der Waals surface area contributed by atoms with Crippen LogP contribution in [0.5, 0.6) is 0 Å². The molecule has 3 rings (SSSR count). The maximum absolute atomic E-state index is 6.74. The van der Waals surface area contributed by atoms with Crippen LogP contribution >= 0.6 is 19.5 Å². The van der Waals surface area contributed by atoms with Gasteiger partial charge in [0.2, 0.25) is 0 Å². The molecule has 154 valence electrons. The Morgan fingerprint density at radius 2 is 1.21 bits per heavy atom. The Bertz CT molecular complexity index is 797. The standard InChI is InChI=1S/C23H32BNO2PS/c1-21(2,3)25(18-29)28(19-14-10-8-11-15-19,20-16-12-9-13-17-20)24-26-22(4,5)23(6,7)27-24/h8-18H,1-7H3/q+1. The van der Waals surface area contributed by atoms with Crippen LogP contribution in [-0.2, 0) is 9.31 Å². The number of benzene rings is 2. The lowest BCUT2D eigenvalue weighted by atomic mass is 9.90. The van der Waals surface area contributed by atoms with Crippen LogP contribution in [0.25, 0.3) is 0 Å². The summed E-state index contributed by atoms with van der Waals surface area (Å²) in [6, 6.07) is 21.2. The lowest BCUT2D eigenvalue weighted by Crippen LogP contribution is -2.52. The first-order valence-electron chi connectivity index (χ1n) is 10.1. The molecule has 0 bridgehead atoms. The van der Waals surface area contributed by atoms with E-state index in [0.717, 1.165) is 0 Å². The zero-order chi connectivity index (χ0) is 21.5. The highest BCUT2D eigenvalue weighted by molar-refractivity contribution is 8.11. The molecule has 0 saturated carbocycles. The summed E-state index contributed by atoms with van der Waals surface area (Å²) in [5.41, 5.74) is 0.721. The second-order valence-corrected chi connectivity index (χ2v) is 13.0. The van der Waals surface area contributed by atoms with E-state index >= 15 is 0 Å². The summed E-state index contributed by atoms with van der Waals surface area (Å²) in [7, 11) is -2.41. The molecule has 3 nitrogen and oxygen atoms in total. The van der Waals surface area contributed by atoms with Crippen molar-refractivity contribution < 1.29 is 9.31 Å². The molecule has 1 aliphatic rings. The van der Waals surface area contributed by atoms with Crippen LogP contribution in [0.2, 0.25) is 0 Å². The fraction of sp³-hybridized carbons (Fsp3) is 0.435. The van der Waals surface area contributed by atoms with Crippen molar-refractivity contribution in [3.8, 4) is 0 Å². The average Bonchev–Trinajstić information content (AvgIpc) is 2.87. The molecule has 1 aliphatic heterocycles. The zero-order valence-corrected chi connectivity index (χ0v) is 20.3. The van der Waals surface area contributed by atoms with Crippen LogP contribution in [-0.4, -0.2) is 33.7 Å². The molecule has 1 fully saturated rings. The number of nitrogens with zero attached hydrogens (tertiary/aromatic N) is 1. The number of rotatable bonds is 5. The van der Waals surface area contributed by atoms with E-state index in [2.05, 4.69) is 102 Å². The molecule has 0 spiro atoms. The van der Waals surface area contributed by atoms with Crippen LogP contribution in [0.3, 0.4) is 0 Å². The second kappa shape index (κ2) is 7.78. The van der Waals surface area contributed by atoms with E-state index in [9.17, 15) is 0 Å². The number of thiocarbonyl (C=S) groups is 1. The van der Waals surface area contributed by atoms with Crippen LogP contribution in [0.15, 0.2) is 60.7 Å². The minimum Gasteiger partial charge on any atom is -0.365 e. The predicted molar refractivity (Wildman–Crippen MR) is 130 cm³/mol. The normalized spacial score (nSPS) is 18.5. The summed E-state index contributed by atoms with van der Waals surface area (Å²) in [6.07, 6.45) is 0. The molecule has 0 atom stereocenters. The SMILES string of the molecule is CC(C)(C)N(C=S)[P+](B1OC(C)(C)C(C)(C)O1)(c1ccccc1)c1ccccc1. The molecule has 29 heavy (non-hydrogen) atoms. The minimum atomic E-state index is -2.41. The smallest absolute Gasteiger partial charge is 0.365 e. The summed E-state index contributed by atoms with van der Waals surface area (Å²) in [6.45, 7) is 14.6. The number of hydrogen-bond acceptors (Lipinski definition) is 3. The molecule has 0 aromatic heterocycles. The Morgan fingerprint density at radius 1 is 0.828 bits per heavy atom. The monoisotopic (exact) mass is 428 g/mol. The molecule has 0 amide bonds. The third-order valence-corrected chi connectivity index (χ3v) is 10.7. The van der Waals surface area contributed by atoms with Gasteiger partial charge in [-0.25, -0.2) is 4.67 Å². The minimum absolute atomic E-state index is 0.217. The topological polar surface area (TPSA) is 21.7 Å². The third-order valence-electron chi connectivity index (χ3n) is 5.97. The van der Waals surface area contributed by atoms with Gasteiger partial charge in [0.1, 0.15) is 10.6 Å². The van der Waals surface area contributed by atoms with Gasteiger partial charge in [0.15, 0.2) is 7.29 Å². The van der Waals surface area contributed by atoms with Gasteiger partial charge in [0.05, 0.1) is 22.2 Å². The zero-order valence-electron chi connectivity index (χ0n) is 18.5. The Balaban J connectivity index is 2.37. The van der Waals surface area contributed by atoms with E-state index < -0.39 is 25.3 Å². The molecular weight excluding hydrogens is 396 g/mol. The summed E-state index contributed by atoms with van der Waals surface area (Å²) in [5.74, 6) is 0. The second-order valence-electron chi connectivity index (χ2n) is 9.54. The van der Waals surface area contributed by atoms with Crippen LogP contribution < -0.4 is 10.6 Å². The van der Waals surface area contributed by atoms with E-state index in [0.29, 0.717) is 0 Å². The Kier molecular flexibility index (Phi) is 6.01. The molecule has 2 aromatic carbocycles. The van der Waals surface area contributed by atoms with Gasteiger partial charge in [-0.1, -0.05) is 48.6 Å². The first-order chi connectivity index (χ1) is 13.5. The van der Waals surface area contributed by atoms with Gasteiger partial charge in [-0.15, -0.1) is 0 Å². The van der Waals surface area contributed by atoms with Crippen molar-refractivity contribution in [1.29, 1.82) is 0 Å². The quantitative estimate of drug-likeness (QED) is 0.370. The van der Waals surface area contributed by atoms with Crippen molar-refractivity contribution in [2.45, 2.75) is 65.2 Å². The van der Waals surface area contributed by atoms with E-state index in [1.54, 1.807) is 5.49 Å². The fourth-order valence-electron chi connectivity index (χ4n) is 3.72. The Labute approximate surface area is 182 Å². The van der Waals surface area contributed by atoms with Gasteiger partial charge in [-0.05, 0) is 72.7 Å². The highest BCUT2D eigenvalue weighted by Gasteiger charge is 2.72. The molecule has 0 N–H and O–H groups in total. The van der Waals surface area contributed by atoms with Crippen molar-refractivity contribution in [2.75, 3.05) is 0 Å². The van der Waals surface area contributed by atoms with Crippen molar-refractivity contribution in [2.24, 2.45) is 0 Å². The molecule has 1 heterocycles. The largest absolute Gasteiger partial charge is 0.705 e. The molecule has 0 radical (unpaired) electrons. The Morgan fingerprint density at radius 3 is 1.52 bits per heavy atom. The summed E-state index contributed by atoms with van der Waals surface area (Å²) in [5, 5.41) is 2.39. The Hall–Kier alpha value is -1.26. The number of hydrogen-bond donors (Lipinski definition) is 0. The highest BCUT2D eigenvalue weighted by Crippen LogP contribution is 2.67. The van der Waals surface area contributed by atoms with Gasteiger partial charge < -0.3 is 9.31 Å². The first kappa shape index (κ1) is 22.4. The van der Waals surface area contributed by atoms with Crippen molar-refractivity contribution in [3.05, 3.63) is 60.7 Å². The predicted octanol–water partition coefficient (Wildman–Crippen LogP) is 5.22. The van der Waals surface area contributed by atoms with Crippen molar-refractivity contribution in [1.82, 2.24) is 4.67 Å². The lowest BCUT2D eigenvalue weighted by molar-refractivity contribution is 0.00578. The summed E-state index contributed by atoms with van der Waals surface area (Å²) in [4.78, 5) is 0. The highest BCUT2D eigenvalue weighted by atomic mass is 32.1. The van der Waals surface area contributed by atoms with Crippen molar-refractivity contribution >= 4 is 42.4 Å². The molecule has 2 aromatic rings. The van der Waals surface area contributed by atoms with E-state index in [-0.39, 0.29) is 5.54 Å². The van der Waals surface area contributed by atoms with Crippen LogP contribution in [0, 0.1) is 0 Å². The maximum Gasteiger partial charge on any atom is 0.705 e. The van der Waals surface area contributed by atoms with Crippen LogP contribution in [0.1, 0.15) is 48.5 Å². The maximum atomic E-state index is 6.74. The van der Waals surface area contributed by atoms with Gasteiger partial charge in [-0.3, -0.25) is 0 Å². The average molecular weight is 428 g/mol. The van der Waals surface area contributed by atoms with E-state index in [1.165, 1.54) is 10.6 Å². The lowest BCUT2D eigenvalue weighted by Gasteiger charge is -2.43. The third kappa shape index (κ3) is 3.79. The first-order valence-corrected chi connectivity index (χ1v) is 12.4. The van der Waals surface area contributed by atoms with E-state index in [4.69, 9.17) is 21.5 Å². The van der Waals surface area contributed by atoms with Gasteiger partial charge in [0.25, 0.3) is 0 Å². The summed E-state index contributed by atoms with van der Waals surface area (Å²) >= 11 is 5.64. The summed E-state index contributed by atoms with van der Waals surface area (Å²) < 4.78 is 15.8. The molecule has 0 unspecified atom stereocenters. The van der Waals surface area contributed by atoms with Gasteiger partial charge in [-0.2, -0.15) is 0 Å². The molecule has 1 saturated heterocycles. The van der Waals surface area contributed by atoms with E-state index in [1.807, 2.05) is 12.1 Å². The van der Waals surface area contributed by atoms with Gasteiger partial charge >= 0.3 is 6.84 Å². The fourth-order valence-corrected chi connectivity index (χ4v) is 9.15. The van der Waals surface area contributed by atoms with Crippen molar-refractivity contribution in [3.63, 3.8) is 0 Å². The van der Waals surface area contributed by atoms with Gasteiger partial charge in [0, 0.05) is 0 Å². The van der Waals surface area contributed by atoms with Crippen LogP contribution in [0.4, 0.5) is 0 Å². The molecule has 6 heteroatoms.